The SMILES string of the molecule is O=C(CNCc1cc2c(s1)CCC2)N1CCCCC1. The number of hydrogen-bond acceptors (Lipinski definition) is 3. The molecule has 1 amide bonds. The Balaban J connectivity index is 1.43. The third-order valence-corrected chi connectivity index (χ3v) is 5.32. The molecule has 19 heavy (non-hydrogen) atoms. The van der Waals surface area contributed by atoms with E-state index in [-0.39, 0.29) is 5.91 Å². The summed E-state index contributed by atoms with van der Waals surface area (Å²) in [6, 6.07) is 2.32. The van der Waals surface area contributed by atoms with Crippen LogP contribution in [0.2, 0.25) is 0 Å². The third kappa shape index (κ3) is 3.18. The molecule has 0 unspecified atom stereocenters. The summed E-state index contributed by atoms with van der Waals surface area (Å²) in [5.41, 5.74) is 1.55. The number of piperidine rings is 1. The first kappa shape index (κ1) is 13.1. The summed E-state index contributed by atoms with van der Waals surface area (Å²) in [5, 5.41) is 3.31. The molecule has 0 spiro atoms. The fourth-order valence-corrected chi connectivity index (χ4v) is 4.26. The summed E-state index contributed by atoms with van der Waals surface area (Å²) in [7, 11) is 0. The number of amides is 1. The smallest absolute Gasteiger partial charge is 0.236 e. The summed E-state index contributed by atoms with van der Waals surface area (Å²) in [6.45, 7) is 3.24. The van der Waals surface area contributed by atoms with Gasteiger partial charge in [-0.3, -0.25) is 4.79 Å². The van der Waals surface area contributed by atoms with E-state index < -0.39 is 0 Å². The van der Waals surface area contributed by atoms with Crippen LogP contribution in [-0.4, -0.2) is 30.4 Å². The van der Waals surface area contributed by atoms with Gasteiger partial charge in [0.15, 0.2) is 0 Å². The molecule has 1 aromatic rings. The minimum atomic E-state index is 0.267. The van der Waals surface area contributed by atoms with Crippen LogP contribution < -0.4 is 5.32 Å². The first-order valence-electron chi connectivity index (χ1n) is 7.42. The minimum Gasteiger partial charge on any atom is -0.342 e. The highest BCUT2D eigenvalue weighted by Crippen LogP contribution is 2.30. The van der Waals surface area contributed by atoms with E-state index in [2.05, 4.69) is 11.4 Å². The molecule has 0 aromatic carbocycles. The number of nitrogens with one attached hydrogen (secondary N) is 1. The van der Waals surface area contributed by atoms with Crippen LogP contribution in [0, 0.1) is 0 Å². The predicted molar refractivity (Wildman–Crippen MR) is 78.5 cm³/mol. The molecule has 104 valence electrons. The number of nitrogens with zero attached hydrogens (tertiary/aromatic N) is 1. The molecule has 0 saturated carbocycles. The number of rotatable bonds is 4. The third-order valence-electron chi connectivity index (χ3n) is 4.08. The topological polar surface area (TPSA) is 32.3 Å². The minimum absolute atomic E-state index is 0.267. The van der Waals surface area contributed by atoms with E-state index in [4.69, 9.17) is 0 Å². The van der Waals surface area contributed by atoms with Gasteiger partial charge in [-0.2, -0.15) is 0 Å². The van der Waals surface area contributed by atoms with Crippen molar-refractivity contribution in [3.8, 4) is 0 Å². The molecule has 0 bridgehead atoms. The molecule has 1 saturated heterocycles. The zero-order valence-corrected chi connectivity index (χ0v) is 12.2. The molecular formula is C15H22N2OS. The molecule has 3 nitrogen and oxygen atoms in total. The molecule has 1 aromatic heterocycles. The van der Waals surface area contributed by atoms with Crippen LogP contribution in [0.25, 0.3) is 0 Å². The Morgan fingerprint density at radius 1 is 1.21 bits per heavy atom. The average molecular weight is 278 g/mol. The zero-order chi connectivity index (χ0) is 13.1. The summed E-state index contributed by atoms with van der Waals surface area (Å²) in [6.07, 6.45) is 7.44. The highest BCUT2D eigenvalue weighted by molar-refractivity contribution is 7.12. The number of fused-ring (bicyclic) bond motifs is 1. The first-order chi connectivity index (χ1) is 9.33. The highest BCUT2D eigenvalue weighted by Gasteiger charge is 2.17. The Labute approximate surface area is 119 Å². The maximum Gasteiger partial charge on any atom is 0.236 e. The second-order valence-corrected chi connectivity index (χ2v) is 6.78. The van der Waals surface area contributed by atoms with Gasteiger partial charge in [-0.1, -0.05) is 0 Å². The average Bonchev–Trinajstić information content (AvgIpc) is 3.00. The number of thiophene rings is 1. The fraction of sp³-hybridized carbons (Fsp3) is 0.667. The molecule has 1 aliphatic heterocycles. The molecule has 3 rings (SSSR count). The summed E-state index contributed by atoms with van der Waals surface area (Å²) in [4.78, 5) is 17.0. The van der Waals surface area contributed by atoms with Crippen molar-refractivity contribution in [2.45, 2.75) is 45.1 Å². The van der Waals surface area contributed by atoms with Crippen molar-refractivity contribution < 1.29 is 4.79 Å². The second kappa shape index (κ2) is 6.06. The molecular weight excluding hydrogens is 256 g/mol. The van der Waals surface area contributed by atoms with E-state index in [1.807, 2.05) is 16.2 Å². The number of likely N-dealkylation sites (tertiary alicyclic amines) is 1. The van der Waals surface area contributed by atoms with Gasteiger partial charge in [0.05, 0.1) is 6.54 Å². The number of hydrogen-bond donors (Lipinski definition) is 1. The van der Waals surface area contributed by atoms with Gasteiger partial charge in [0.2, 0.25) is 5.91 Å². The molecule has 1 N–H and O–H groups in total. The van der Waals surface area contributed by atoms with Crippen molar-refractivity contribution in [1.82, 2.24) is 10.2 Å². The van der Waals surface area contributed by atoms with E-state index in [0.717, 1.165) is 19.6 Å². The van der Waals surface area contributed by atoms with Crippen molar-refractivity contribution in [3.05, 3.63) is 21.4 Å². The van der Waals surface area contributed by atoms with Gasteiger partial charge >= 0.3 is 0 Å². The van der Waals surface area contributed by atoms with Gasteiger partial charge in [0.1, 0.15) is 0 Å². The molecule has 1 aliphatic carbocycles. The van der Waals surface area contributed by atoms with Crippen LogP contribution in [-0.2, 0) is 24.2 Å². The van der Waals surface area contributed by atoms with Gasteiger partial charge in [0.25, 0.3) is 0 Å². The maximum absolute atomic E-state index is 12.0. The number of carbonyl (C=O) groups excluding carboxylic acids is 1. The van der Waals surface area contributed by atoms with Gasteiger partial charge in [-0.15, -0.1) is 11.3 Å². The Morgan fingerprint density at radius 2 is 2.05 bits per heavy atom. The van der Waals surface area contributed by atoms with Crippen LogP contribution in [0.4, 0.5) is 0 Å². The van der Waals surface area contributed by atoms with Crippen LogP contribution in [0.1, 0.15) is 41.0 Å². The molecule has 0 atom stereocenters. The van der Waals surface area contributed by atoms with Crippen LogP contribution in [0.5, 0.6) is 0 Å². The normalized spacial score (nSPS) is 18.6. The van der Waals surface area contributed by atoms with Gasteiger partial charge in [-0.05, 0) is 50.2 Å². The predicted octanol–water partition coefficient (Wildman–Crippen LogP) is 2.34. The van der Waals surface area contributed by atoms with Crippen molar-refractivity contribution in [2.75, 3.05) is 19.6 Å². The van der Waals surface area contributed by atoms with Gasteiger partial charge in [-0.25, -0.2) is 0 Å². The Bertz CT molecular complexity index is 427. The van der Waals surface area contributed by atoms with Gasteiger partial charge in [0, 0.05) is 29.4 Å². The molecule has 0 radical (unpaired) electrons. The van der Waals surface area contributed by atoms with Crippen LogP contribution in [0.3, 0.4) is 0 Å². The fourth-order valence-electron chi connectivity index (χ4n) is 3.03. The molecule has 4 heteroatoms. The van der Waals surface area contributed by atoms with Crippen LogP contribution >= 0.6 is 11.3 Å². The lowest BCUT2D eigenvalue weighted by molar-refractivity contribution is -0.131. The largest absolute Gasteiger partial charge is 0.342 e. The molecule has 1 fully saturated rings. The first-order valence-corrected chi connectivity index (χ1v) is 8.23. The summed E-state index contributed by atoms with van der Waals surface area (Å²) >= 11 is 1.92. The standard InChI is InChI=1S/C15H22N2OS/c18-15(17-7-2-1-3-8-17)11-16-10-13-9-12-5-4-6-14(12)19-13/h9,16H,1-8,10-11H2. The van der Waals surface area contributed by atoms with E-state index in [1.54, 1.807) is 10.4 Å². The molecule has 2 aliphatic rings. The van der Waals surface area contributed by atoms with E-state index in [0.29, 0.717) is 6.54 Å². The van der Waals surface area contributed by atoms with Crippen LogP contribution in [0.15, 0.2) is 6.07 Å². The number of carbonyl (C=O) groups is 1. The van der Waals surface area contributed by atoms with Crippen molar-refractivity contribution in [3.63, 3.8) is 0 Å². The van der Waals surface area contributed by atoms with Crippen molar-refractivity contribution in [2.24, 2.45) is 0 Å². The zero-order valence-electron chi connectivity index (χ0n) is 11.4. The second-order valence-electron chi connectivity index (χ2n) is 5.56. The quantitative estimate of drug-likeness (QED) is 0.917. The summed E-state index contributed by atoms with van der Waals surface area (Å²) in [5.74, 6) is 0.267. The highest BCUT2D eigenvalue weighted by atomic mass is 32.1. The van der Waals surface area contributed by atoms with Crippen molar-refractivity contribution >= 4 is 17.2 Å². The van der Waals surface area contributed by atoms with E-state index >= 15 is 0 Å². The van der Waals surface area contributed by atoms with Crippen molar-refractivity contribution in [1.29, 1.82) is 0 Å². The molecule has 2 heterocycles. The van der Waals surface area contributed by atoms with Gasteiger partial charge < -0.3 is 10.2 Å². The Hall–Kier alpha value is -0.870. The lowest BCUT2D eigenvalue weighted by atomic mass is 10.1. The monoisotopic (exact) mass is 278 g/mol. The number of aryl methyl sites for hydroxylation is 2. The lowest BCUT2D eigenvalue weighted by Crippen LogP contribution is -2.40. The Kier molecular flexibility index (Phi) is 4.18. The van der Waals surface area contributed by atoms with E-state index in [9.17, 15) is 4.79 Å². The Morgan fingerprint density at radius 3 is 2.84 bits per heavy atom. The lowest BCUT2D eigenvalue weighted by Gasteiger charge is -2.26. The maximum atomic E-state index is 12.0. The van der Waals surface area contributed by atoms with E-state index in [1.165, 1.54) is 43.4 Å². The summed E-state index contributed by atoms with van der Waals surface area (Å²) < 4.78 is 0.